The number of hydrogen-bond donors (Lipinski definition) is 3. The minimum absolute atomic E-state index is 0. The van der Waals surface area contributed by atoms with Crippen LogP contribution in [0.5, 0.6) is 0 Å². The van der Waals surface area contributed by atoms with Gasteiger partial charge in [0.15, 0.2) is 0 Å². The fourth-order valence-electron chi connectivity index (χ4n) is 4.86. The molecule has 0 radical (unpaired) electrons. The van der Waals surface area contributed by atoms with Crippen LogP contribution >= 0.6 is 12.4 Å². The van der Waals surface area contributed by atoms with Crippen molar-refractivity contribution in [2.75, 3.05) is 13.1 Å². The molecule has 1 atom stereocenters. The quantitative estimate of drug-likeness (QED) is 0.443. The summed E-state index contributed by atoms with van der Waals surface area (Å²) in [6, 6.07) is 7.81. The number of alkyl halides is 3. The van der Waals surface area contributed by atoms with E-state index < -0.39 is 28.2 Å². The predicted octanol–water partition coefficient (Wildman–Crippen LogP) is 4.22. The molecule has 5 rings (SSSR count). The maximum absolute atomic E-state index is 13.6. The number of hydrogen-bond acceptors (Lipinski definition) is 7. The number of aromatic nitrogens is 3. The molecule has 1 saturated heterocycles. The highest BCUT2D eigenvalue weighted by Crippen LogP contribution is 2.59. The standard InChI is InChI=1S/C25H27F3N4O3.ClH/c1-21(2,33)20-31-19(32-35-20)15-10-18(12-29-11-15)24(34,22(3)13-30-14-22)17-6-4-16(5-7-17)23(8-9-23)25(26,27)28;/h4-7,10-12,30,33-34H,8-9,13-14H2,1-3H3;1H/t24-;/m0./s1. The molecule has 1 aliphatic carbocycles. The molecular formula is C25H28ClF3N4O3. The van der Waals surface area contributed by atoms with Crippen molar-refractivity contribution < 1.29 is 27.9 Å². The van der Waals surface area contributed by atoms with E-state index in [0.717, 1.165) is 0 Å². The topological polar surface area (TPSA) is 104 Å². The van der Waals surface area contributed by atoms with Crippen LogP contribution < -0.4 is 5.32 Å². The Kier molecular flexibility index (Phi) is 6.27. The molecular weight excluding hydrogens is 497 g/mol. The Bertz CT molecular complexity index is 1250. The Balaban J connectivity index is 0.00000304. The summed E-state index contributed by atoms with van der Waals surface area (Å²) in [4.78, 5) is 8.53. The van der Waals surface area contributed by atoms with Crippen LogP contribution in [0.15, 0.2) is 47.2 Å². The molecule has 1 saturated carbocycles. The van der Waals surface area contributed by atoms with Crippen molar-refractivity contribution >= 4 is 12.4 Å². The molecule has 0 unspecified atom stereocenters. The molecule has 2 aromatic heterocycles. The van der Waals surface area contributed by atoms with Gasteiger partial charge in [0.05, 0.1) is 5.41 Å². The second-order valence-corrected chi connectivity index (χ2v) is 10.5. The van der Waals surface area contributed by atoms with Crippen molar-refractivity contribution in [3.05, 3.63) is 65.3 Å². The fourth-order valence-corrected chi connectivity index (χ4v) is 4.86. The van der Waals surface area contributed by atoms with Crippen molar-refractivity contribution in [3.8, 4) is 11.4 Å². The molecule has 1 aliphatic heterocycles. The van der Waals surface area contributed by atoms with Crippen LogP contribution in [0, 0.1) is 5.41 Å². The van der Waals surface area contributed by atoms with Crippen molar-refractivity contribution in [2.24, 2.45) is 5.41 Å². The van der Waals surface area contributed by atoms with E-state index in [0.29, 0.717) is 29.8 Å². The highest BCUT2D eigenvalue weighted by atomic mass is 35.5. The molecule has 36 heavy (non-hydrogen) atoms. The van der Waals surface area contributed by atoms with Crippen LogP contribution in [-0.4, -0.2) is 44.6 Å². The van der Waals surface area contributed by atoms with Crippen LogP contribution in [0.2, 0.25) is 0 Å². The van der Waals surface area contributed by atoms with Gasteiger partial charge in [0, 0.05) is 42.0 Å². The van der Waals surface area contributed by atoms with Crippen LogP contribution in [0.3, 0.4) is 0 Å². The summed E-state index contributed by atoms with van der Waals surface area (Å²) < 4.78 is 46.0. The van der Waals surface area contributed by atoms with Gasteiger partial charge in [-0.05, 0) is 43.9 Å². The third-order valence-electron chi connectivity index (χ3n) is 7.42. The number of halogens is 4. The lowest BCUT2D eigenvalue weighted by molar-refractivity contribution is -0.160. The lowest BCUT2D eigenvalue weighted by Gasteiger charge is -2.52. The Labute approximate surface area is 212 Å². The van der Waals surface area contributed by atoms with E-state index in [1.165, 1.54) is 38.4 Å². The lowest BCUT2D eigenvalue weighted by atomic mass is 9.62. The number of nitrogens with zero attached hydrogens (tertiary/aromatic N) is 3. The van der Waals surface area contributed by atoms with Crippen LogP contribution in [0.25, 0.3) is 11.4 Å². The first-order valence-corrected chi connectivity index (χ1v) is 11.4. The number of aliphatic hydroxyl groups is 2. The second kappa shape index (κ2) is 8.51. The zero-order valence-electron chi connectivity index (χ0n) is 20.1. The van der Waals surface area contributed by atoms with Crippen molar-refractivity contribution in [2.45, 2.75) is 56.4 Å². The average Bonchev–Trinajstić information content (AvgIpc) is 3.46. The molecule has 0 spiro atoms. The van der Waals surface area contributed by atoms with Gasteiger partial charge in [-0.1, -0.05) is 36.3 Å². The molecule has 3 heterocycles. The van der Waals surface area contributed by atoms with Crippen molar-refractivity contribution in [1.82, 2.24) is 20.4 Å². The monoisotopic (exact) mass is 524 g/mol. The summed E-state index contributed by atoms with van der Waals surface area (Å²) in [5.74, 6) is 0.240. The normalized spacial score (nSPS) is 20.1. The van der Waals surface area contributed by atoms with Crippen LogP contribution in [0.1, 0.15) is 56.2 Å². The predicted molar refractivity (Wildman–Crippen MR) is 127 cm³/mol. The number of benzene rings is 1. The van der Waals surface area contributed by atoms with E-state index in [9.17, 15) is 23.4 Å². The van der Waals surface area contributed by atoms with Gasteiger partial charge in [-0.3, -0.25) is 4.98 Å². The summed E-state index contributed by atoms with van der Waals surface area (Å²) in [6.45, 7) is 5.98. The van der Waals surface area contributed by atoms with E-state index in [1.807, 2.05) is 6.92 Å². The fraction of sp³-hybridized carbons (Fsp3) is 0.480. The van der Waals surface area contributed by atoms with Gasteiger partial charge in [-0.2, -0.15) is 18.2 Å². The number of rotatable bonds is 6. The van der Waals surface area contributed by atoms with E-state index in [4.69, 9.17) is 4.52 Å². The summed E-state index contributed by atoms with van der Waals surface area (Å²) in [5, 5.41) is 29.4. The first-order chi connectivity index (χ1) is 16.3. The third kappa shape index (κ3) is 4.00. The van der Waals surface area contributed by atoms with Gasteiger partial charge in [-0.15, -0.1) is 12.4 Å². The maximum atomic E-state index is 13.6. The SMILES string of the molecule is CC(C)(O)c1nc(-c2cncc([C@@](O)(c3ccc(C4(C(F)(F)F)CC4)cc3)C3(C)CNC3)c2)no1.Cl. The van der Waals surface area contributed by atoms with Crippen LogP contribution in [0.4, 0.5) is 13.2 Å². The van der Waals surface area contributed by atoms with Gasteiger partial charge in [0.2, 0.25) is 5.82 Å². The first-order valence-electron chi connectivity index (χ1n) is 11.4. The summed E-state index contributed by atoms with van der Waals surface area (Å²) in [7, 11) is 0. The highest BCUT2D eigenvalue weighted by molar-refractivity contribution is 5.85. The second-order valence-electron chi connectivity index (χ2n) is 10.5. The van der Waals surface area contributed by atoms with Gasteiger partial charge in [-0.25, -0.2) is 0 Å². The molecule has 0 bridgehead atoms. The summed E-state index contributed by atoms with van der Waals surface area (Å²) >= 11 is 0. The van der Waals surface area contributed by atoms with Gasteiger partial charge in [0.1, 0.15) is 11.2 Å². The maximum Gasteiger partial charge on any atom is 0.398 e. The zero-order chi connectivity index (χ0) is 25.3. The zero-order valence-corrected chi connectivity index (χ0v) is 20.9. The number of pyridine rings is 1. The van der Waals surface area contributed by atoms with Crippen molar-refractivity contribution in [1.29, 1.82) is 0 Å². The van der Waals surface area contributed by atoms with E-state index in [1.54, 1.807) is 18.2 Å². The molecule has 2 aliphatic rings. The van der Waals surface area contributed by atoms with Gasteiger partial charge in [0.25, 0.3) is 5.89 Å². The molecule has 3 N–H and O–H groups in total. The molecule has 7 nitrogen and oxygen atoms in total. The first kappa shape index (κ1) is 26.5. The van der Waals surface area contributed by atoms with E-state index in [-0.39, 0.29) is 42.5 Å². The molecule has 1 aromatic carbocycles. The third-order valence-corrected chi connectivity index (χ3v) is 7.42. The van der Waals surface area contributed by atoms with Crippen LogP contribution in [-0.2, 0) is 16.6 Å². The molecule has 11 heteroatoms. The Hall–Kier alpha value is -2.53. The largest absolute Gasteiger partial charge is 0.398 e. The van der Waals surface area contributed by atoms with E-state index >= 15 is 0 Å². The molecule has 0 amide bonds. The van der Waals surface area contributed by atoms with Gasteiger partial charge >= 0.3 is 6.18 Å². The summed E-state index contributed by atoms with van der Waals surface area (Å²) in [6.07, 6.45) is -1.10. The lowest BCUT2D eigenvalue weighted by Crippen LogP contribution is -2.63. The van der Waals surface area contributed by atoms with E-state index in [2.05, 4.69) is 20.4 Å². The molecule has 194 valence electrons. The van der Waals surface area contributed by atoms with Gasteiger partial charge < -0.3 is 20.1 Å². The van der Waals surface area contributed by atoms with Crippen molar-refractivity contribution in [3.63, 3.8) is 0 Å². The molecule has 3 aromatic rings. The Morgan fingerprint density at radius 2 is 1.64 bits per heavy atom. The highest BCUT2D eigenvalue weighted by Gasteiger charge is 2.64. The minimum Gasteiger partial charge on any atom is -0.381 e. The minimum atomic E-state index is -4.31. The Morgan fingerprint density at radius 1 is 1.00 bits per heavy atom. The molecule has 2 fully saturated rings. The average molecular weight is 525 g/mol. The Morgan fingerprint density at radius 3 is 2.11 bits per heavy atom. The smallest absolute Gasteiger partial charge is 0.381 e. The summed E-state index contributed by atoms with van der Waals surface area (Å²) in [5.41, 5.74) is -3.66. The number of nitrogens with one attached hydrogen (secondary N) is 1.